The molecule has 66 valence electrons. The summed E-state index contributed by atoms with van der Waals surface area (Å²) >= 11 is 0. The lowest BCUT2D eigenvalue weighted by molar-refractivity contribution is 0.0931. The van der Waals surface area contributed by atoms with E-state index < -0.39 is 6.04 Å². The van der Waals surface area contributed by atoms with Crippen LogP contribution in [-0.4, -0.2) is 16.8 Å². The molecule has 0 bridgehead atoms. The Hall–Kier alpha value is -1.16. The molecule has 0 radical (unpaired) electrons. The number of carbonyl (C=O) groups excluding carboxylic acids is 1. The minimum atomic E-state index is -0.475. The lowest BCUT2D eigenvalue weighted by Gasteiger charge is -2.03. The van der Waals surface area contributed by atoms with E-state index in [1.807, 2.05) is 6.92 Å². The minimum absolute atomic E-state index is 0.174. The van der Waals surface area contributed by atoms with Crippen LogP contribution in [0.25, 0.3) is 0 Å². The van der Waals surface area contributed by atoms with Crippen LogP contribution in [0.1, 0.15) is 29.6 Å². The first-order valence-electron chi connectivity index (χ1n) is 3.86. The zero-order valence-corrected chi connectivity index (χ0v) is 7.20. The molecule has 4 heteroatoms. The molecular formula is C8H12N2O2. The number of Topliss-reactive ketones (excluding diaryl/α,β-unsaturated/α-hetero) is 1. The third kappa shape index (κ3) is 1.53. The Morgan fingerprint density at radius 2 is 2.50 bits per heavy atom. The van der Waals surface area contributed by atoms with Crippen LogP contribution in [0.5, 0.6) is 0 Å². The third-order valence-corrected chi connectivity index (χ3v) is 1.75. The molecule has 4 nitrogen and oxygen atoms in total. The van der Waals surface area contributed by atoms with E-state index in [1.165, 1.54) is 6.39 Å². The molecule has 0 amide bonds. The van der Waals surface area contributed by atoms with Crippen LogP contribution >= 0.6 is 0 Å². The summed E-state index contributed by atoms with van der Waals surface area (Å²) in [4.78, 5) is 15.2. The Morgan fingerprint density at radius 3 is 2.92 bits per heavy atom. The number of hydrogen-bond acceptors (Lipinski definition) is 4. The molecule has 1 rings (SSSR count). The Bertz CT molecular complexity index is 280. The van der Waals surface area contributed by atoms with Crippen LogP contribution in [0.15, 0.2) is 10.8 Å². The van der Waals surface area contributed by atoms with Crippen molar-refractivity contribution in [2.75, 3.05) is 0 Å². The molecular weight excluding hydrogens is 156 g/mol. The van der Waals surface area contributed by atoms with Crippen LogP contribution < -0.4 is 5.73 Å². The van der Waals surface area contributed by atoms with Gasteiger partial charge < -0.3 is 10.2 Å². The fourth-order valence-corrected chi connectivity index (χ4v) is 0.892. The fourth-order valence-electron chi connectivity index (χ4n) is 0.892. The highest BCUT2D eigenvalue weighted by molar-refractivity contribution is 5.98. The largest absolute Gasteiger partial charge is 0.440 e. The smallest absolute Gasteiger partial charge is 0.216 e. The Labute approximate surface area is 70.8 Å². The summed E-state index contributed by atoms with van der Waals surface area (Å²) in [7, 11) is 0. The van der Waals surface area contributed by atoms with Crippen molar-refractivity contribution in [1.82, 2.24) is 4.98 Å². The molecule has 0 aromatic carbocycles. The molecule has 0 aliphatic rings. The summed E-state index contributed by atoms with van der Waals surface area (Å²) in [5.74, 6) is 0.108. The third-order valence-electron chi connectivity index (χ3n) is 1.75. The Morgan fingerprint density at radius 1 is 1.83 bits per heavy atom. The van der Waals surface area contributed by atoms with Gasteiger partial charge in [-0.1, -0.05) is 6.92 Å². The highest BCUT2D eigenvalue weighted by atomic mass is 16.3. The highest BCUT2D eigenvalue weighted by Gasteiger charge is 2.19. The summed E-state index contributed by atoms with van der Waals surface area (Å²) in [5, 5.41) is 0. The summed E-state index contributed by atoms with van der Waals surface area (Å²) < 4.78 is 4.91. The number of aromatic nitrogens is 1. The zero-order valence-electron chi connectivity index (χ0n) is 7.20. The van der Waals surface area contributed by atoms with Gasteiger partial charge in [0.2, 0.25) is 5.78 Å². The second-order valence-electron chi connectivity index (χ2n) is 2.65. The lowest BCUT2D eigenvalue weighted by Crippen LogP contribution is -2.29. The monoisotopic (exact) mass is 168 g/mol. The van der Waals surface area contributed by atoms with Gasteiger partial charge >= 0.3 is 0 Å². The van der Waals surface area contributed by atoms with Crippen LogP contribution in [0, 0.1) is 6.92 Å². The molecule has 0 saturated heterocycles. The minimum Gasteiger partial charge on any atom is -0.440 e. The lowest BCUT2D eigenvalue weighted by atomic mass is 10.1. The van der Waals surface area contributed by atoms with Gasteiger partial charge in [-0.05, 0) is 13.3 Å². The first-order valence-corrected chi connectivity index (χ1v) is 3.86. The second-order valence-corrected chi connectivity index (χ2v) is 2.65. The quantitative estimate of drug-likeness (QED) is 0.681. The van der Waals surface area contributed by atoms with E-state index in [2.05, 4.69) is 4.98 Å². The van der Waals surface area contributed by atoms with Gasteiger partial charge in [0.15, 0.2) is 12.2 Å². The standard InChI is InChI=1S/C8H12N2O2/c1-3-6(9)7(11)8-5(2)10-4-12-8/h4,6H,3,9H2,1-2H3. The van der Waals surface area contributed by atoms with Gasteiger partial charge in [-0.25, -0.2) is 4.98 Å². The molecule has 1 unspecified atom stereocenters. The highest BCUT2D eigenvalue weighted by Crippen LogP contribution is 2.08. The molecule has 1 atom stereocenters. The summed E-state index contributed by atoms with van der Waals surface area (Å²) in [5.41, 5.74) is 6.14. The molecule has 0 saturated carbocycles. The van der Waals surface area contributed by atoms with Crippen molar-refractivity contribution in [3.8, 4) is 0 Å². The first-order chi connectivity index (χ1) is 5.66. The van der Waals surface area contributed by atoms with E-state index in [-0.39, 0.29) is 11.5 Å². The van der Waals surface area contributed by atoms with Crippen LogP contribution in [0.3, 0.4) is 0 Å². The molecule has 0 aliphatic heterocycles. The van der Waals surface area contributed by atoms with E-state index >= 15 is 0 Å². The maximum Gasteiger partial charge on any atom is 0.216 e. The van der Waals surface area contributed by atoms with Crippen molar-refractivity contribution in [1.29, 1.82) is 0 Å². The van der Waals surface area contributed by atoms with E-state index in [0.717, 1.165) is 0 Å². The average Bonchev–Trinajstić information content (AvgIpc) is 2.48. The van der Waals surface area contributed by atoms with Gasteiger partial charge in [-0.2, -0.15) is 0 Å². The molecule has 0 fully saturated rings. The zero-order chi connectivity index (χ0) is 9.14. The van der Waals surface area contributed by atoms with E-state index in [9.17, 15) is 4.79 Å². The summed E-state index contributed by atoms with van der Waals surface area (Å²) in [6, 6.07) is -0.475. The van der Waals surface area contributed by atoms with Crippen molar-refractivity contribution in [3.05, 3.63) is 17.8 Å². The second kappa shape index (κ2) is 3.49. The number of carbonyl (C=O) groups is 1. The van der Waals surface area contributed by atoms with Gasteiger partial charge in [0.05, 0.1) is 11.7 Å². The Balaban J connectivity index is 2.85. The maximum absolute atomic E-state index is 11.4. The summed E-state index contributed by atoms with van der Waals surface area (Å²) in [6.45, 7) is 3.58. The van der Waals surface area contributed by atoms with Crippen LogP contribution in [0.4, 0.5) is 0 Å². The van der Waals surface area contributed by atoms with Crippen molar-refractivity contribution < 1.29 is 9.21 Å². The normalized spacial score (nSPS) is 12.9. The van der Waals surface area contributed by atoms with E-state index in [0.29, 0.717) is 12.1 Å². The molecule has 1 aromatic heterocycles. The SMILES string of the molecule is CCC(N)C(=O)c1ocnc1C. The molecule has 2 N–H and O–H groups in total. The average molecular weight is 168 g/mol. The maximum atomic E-state index is 11.4. The van der Waals surface area contributed by atoms with Gasteiger partial charge in [-0.15, -0.1) is 0 Å². The van der Waals surface area contributed by atoms with E-state index in [4.69, 9.17) is 10.2 Å². The number of oxazole rings is 1. The van der Waals surface area contributed by atoms with Gasteiger partial charge in [-0.3, -0.25) is 4.79 Å². The number of nitrogens with zero attached hydrogens (tertiary/aromatic N) is 1. The van der Waals surface area contributed by atoms with Crippen LogP contribution in [0.2, 0.25) is 0 Å². The van der Waals surface area contributed by atoms with Gasteiger partial charge in [0.25, 0.3) is 0 Å². The van der Waals surface area contributed by atoms with Gasteiger partial charge in [0.1, 0.15) is 0 Å². The predicted octanol–water partition coefficient (Wildman–Crippen LogP) is 0.903. The Kier molecular flexibility index (Phi) is 2.60. The van der Waals surface area contributed by atoms with Crippen molar-refractivity contribution in [3.63, 3.8) is 0 Å². The van der Waals surface area contributed by atoms with Crippen molar-refractivity contribution >= 4 is 5.78 Å². The van der Waals surface area contributed by atoms with E-state index in [1.54, 1.807) is 6.92 Å². The molecule has 1 aromatic rings. The van der Waals surface area contributed by atoms with Crippen molar-refractivity contribution in [2.45, 2.75) is 26.3 Å². The first kappa shape index (κ1) is 8.93. The number of hydrogen-bond donors (Lipinski definition) is 1. The number of rotatable bonds is 3. The number of ketones is 1. The number of nitrogens with two attached hydrogens (primary N) is 1. The molecule has 0 aliphatic carbocycles. The molecule has 0 spiro atoms. The van der Waals surface area contributed by atoms with Crippen molar-refractivity contribution in [2.24, 2.45) is 5.73 Å². The number of aryl methyl sites for hydroxylation is 1. The van der Waals surface area contributed by atoms with Crippen LogP contribution in [-0.2, 0) is 0 Å². The fraction of sp³-hybridized carbons (Fsp3) is 0.500. The molecule has 12 heavy (non-hydrogen) atoms. The van der Waals surface area contributed by atoms with Gasteiger partial charge in [0, 0.05) is 0 Å². The molecule has 1 heterocycles. The summed E-state index contributed by atoms with van der Waals surface area (Å²) in [6.07, 6.45) is 1.87. The predicted molar refractivity (Wildman–Crippen MR) is 43.8 cm³/mol. The topological polar surface area (TPSA) is 69.1 Å².